The van der Waals surface area contributed by atoms with Gasteiger partial charge in [-0.2, -0.15) is 0 Å². The van der Waals surface area contributed by atoms with Crippen molar-refractivity contribution in [2.45, 2.75) is 33.4 Å². The third kappa shape index (κ3) is 3.98. The summed E-state index contributed by atoms with van der Waals surface area (Å²) in [5, 5.41) is 0. The van der Waals surface area contributed by atoms with E-state index in [4.69, 9.17) is 17.3 Å². The molecule has 17 heavy (non-hydrogen) atoms. The number of halogens is 1. The minimum absolute atomic E-state index is 0.0398. The van der Waals surface area contributed by atoms with Gasteiger partial charge >= 0.3 is 0 Å². The van der Waals surface area contributed by atoms with Crippen molar-refractivity contribution < 1.29 is 4.79 Å². The highest BCUT2D eigenvalue weighted by atomic mass is 35.5. The SMILES string of the molecule is CN(Cc1ccc(Cl)s1)C(=O)C(N)C(C)(C)C. The van der Waals surface area contributed by atoms with Crippen LogP contribution in [0.3, 0.4) is 0 Å². The summed E-state index contributed by atoms with van der Waals surface area (Å²) in [5.41, 5.74) is 5.72. The van der Waals surface area contributed by atoms with Crippen LogP contribution in [0, 0.1) is 5.41 Å². The molecule has 1 heterocycles. The molecule has 0 radical (unpaired) electrons. The van der Waals surface area contributed by atoms with Gasteiger partial charge < -0.3 is 10.6 Å². The number of nitrogens with two attached hydrogens (primary N) is 1. The first kappa shape index (κ1) is 14.5. The average molecular weight is 275 g/mol. The van der Waals surface area contributed by atoms with Crippen LogP contribution in [-0.4, -0.2) is 23.9 Å². The largest absolute Gasteiger partial charge is 0.339 e. The Morgan fingerprint density at radius 1 is 1.53 bits per heavy atom. The molecule has 2 N–H and O–H groups in total. The molecular weight excluding hydrogens is 256 g/mol. The van der Waals surface area contributed by atoms with Crippen molar-refractivity contribution >= 4 is 28.8 Å². The van der Waals surface area contributed by atoms with Crippen molar-refractivity contribution in [1.29, 1.82) is 0 Å². The number of likely N-dealkylation sites (N-methyl/N-ethyl adjacent to an activating group) is 1. The van der Waals surface area contributed by atoms with Gasteiger partial charge in [0.2, 0.25) is 5.91 Å². The molecule has 0 aromatic carbocycles. The van der Waals surface area contributed by atoms with Gasteiger partial charge in [0.05, 0.1) is 16.9 Å². The summed E-state index contributed by atoms with van der Waals surface area (Å²) >= 11 is 7.33. The molecule has 3 nitrogen and oxygen atoms in total. The topological polar surface area (TPSA) is 46.3 Å². The highest BCUT2D eigenvalue weighted by Crippen LogP contribution is 2.24. The van der Waals surface area contributed by atoms with Gasteiger partial charge in [0, 0.05) is 11.9 Å². The number of hydrogen-bond donors (Lipinski definition) is 1. The highest BCUT2D eigenvalue weighted by Gasteiger charge is 2.29. The summed E-state index contributed by atoms with van der Waals surface area (Å²) in [6.45, 7) is 6.45. The van der Waals surface area contributed by atoms with Crippen LogP contribution < -0.4 is 5.73 Å². The Labute approximate surface area is 112 Å². The molecule has 5 heteroatoms. The number of hydrogen-bond acceptors (Lipinski definition) is 3. The Morgan fingerprint density at radius 2 is 2.12 bits per heavy atom. The first-order chi connectivity index (χ1) is 7.71. The normalized spacial score (nSPS) is 13.5. The first-order valence-electron chi connectivity index (χ1n) is 5.46. The van der Waals surface area contributed by atoms with Gasteiger partial charge in [-0.1, -0.05) is 32.4 Å². The summed E-state index contributed by atoms with van der Waals surface area (Å²) in [5.74, 6) is -0.0398. The fraction of sp³-hybridized carbons (Fsp3) is 0.583. The van der Waals surface area contributed by atoms with Gasteiger partial charge in [-0.15, -0.1) is 11.3 Å². The second kappa shape index (κ2) is 5.38. The lowest BCUT2D eigenvalue weighted by Crippen LogP contribution is -2.48. The van der Waals surface area contributed by atoms with Gasteiger partial charge in [-0.3, -0.25) is 4.79 Å². The van der Waals surface area contributed by atoms with Gasteiger partial charge in [0.25, 0.3) is 0 Å². The highest BCUT2D eigenvalue weighted by molar-refractivity contribution is 7.16. The van der Waals surface area contributed by atoms with Gasteiger partial charge in [0.15, 0.2) is 0 Å². The molecule has 0 saturated carbocycles. The maximum atomic E-state index is 12.1. The second-order valence-electron chi connectivity index (χ2n) is 5.24. The zero-order chi connectivity index (χ0) is 13.2. The standard InChI is InChI=1S/C12H19ClN2OS/c1-12(2,3)10(14)11(16)15(4)7-8-5-6-9(13)17-8/h5-6,10H,7,14H2,1-4H3. The van der Waals surface area contributed by atoms with Crippen LogP contribution in [0.1, 0.15) is 25.6 Å². The minimum Gasteiger partial charge on any atom is -0.339 e. The zero-order valence-corrected chi connectivity index (χ0v) is 12.2. The average Bonchev–Trinajstić information content (AvgIpc) is 2.60. The van der Waals surface area contributed by atoms with Crippen molar-refractivity contribution in [3.05, 3.63) is 21.3 Å². The molecule has 1 aromatic heterocycles. The predicted octanol–water partition coefficient (Wildman–Crippen LogP) is 2.73. The second-order valence-corrected chi connectivity index (χ2v) is 7.04. The minimum atomic E-state index is -0.483. The van der Waals surface area contributed by atoms with Gasteiger partial charge in [-0.05, 0) is 17.5 Å². The van der Waals surface area contributed by atoms with Gasteiger partial charge in [0.1, 0.15) is 0 Å². The molecule has 0 aliphatic rings. The predicted molar refractivity (Wildman–Crippen MR) is 73.2 cm³/mol. The molecule has 0 saturated heterocycles. The summed E-state index contributed by atoms with van der Waals surface area (Å²) < 4.78 is 0.737. The van der Waals surface area contributed by atoms with Crippen LogP contribution in [0.25, 0.3) is 0 Å². The Hall–Kier alpha value is -0.580. The maximum Gasteiger partial charge on any atom is 0.240 e. The monoisotopic (exact) mass is 274 g/mol. The smallest absolute Gasteiger partial charge is 0.240 e. The summed E-state index contributed by atoms with van der Waals surface area (Å²) in [4.78, 5) is 14.8. The van der Waals surface area contributed by atoms with Crippen LogP contribution in [0.2, 0.25) is 4.34 Å². The fourth-order valence-corrected chi connectivity index (χ4v) is 2.50. The first-order valence-corrected chi connectivity index (χ1v) is 6.66. The number of thiophene rings is 1. The number of nitrogens with zero attached hydrogens (tertiary/aromatic N) is 1. The molecule has 0 fully saturated rings. The lowest BCUT2D eigenvalue weighted by molar-refractivity contribution is -0.134. The van der Waals surface area contributed by atoms with Crippen molar-refractivity contribution in [1.82, 2.24) is 4.90 Å². The third-order valence-electron chi connectivity index (χ3n) is 2.60. The zero-order valence-electron chi connectivity index (χ0n) is 10.7. The molecule has 1 unspecified atom stereocenters. The molecule has 1 amide bonds. The van der Waals surface area contributed by atoms with E-state index < -0.39 is 6.04 Å². The van der Waals surface area contributed by atoms with Crippen LogP contribution in [0.15, 0.2) is 12.1 Å². The number of carbonyl (C=O) groups is 1. The maximum absolute atomic E-state index is 12.1. The summed E-state index contributed by atoms with van der Waals surface area (Å²) in [7, 11) is 1.77. The third-order valence-corrected chi connectivity index (χ3v) is 3.81. The molecule has 1 rings (SSSR count). The quantitative estimate of drug-likeness (QED) is 0.921. The summed E-state index contributed by atoms with van der Waals surface area (Å²) in [6.07, 6.45) is 0. The molecule has 0 aliphatic heterocycles. The van der Waals surface area contributed by atoms with E-state index in [0.29, 0.717) is 6.54 Å². The Morgan fingerprint density at radius 3 is 2.53 bits per heavy atom. The molecule has 1 atom stereocenters. The van der Waals surface area contributed by atoms with E-state index in [2.05, 4.69) is 0 Å². The van der Waals surface area contributed by atoms with Crippen LogP contribution in [0.4, 0.5) is 0 Å². The van der Waals surface area contributed by atoms with Crippen molar-refractivity contribution in [2.75, 3.05) is 7.05 Å². The molecule has 0 bridgehead atoms. The number of amides is 1. The Balaban J connectivity index is 2.65. The molecule has 96 valence electrons. The van der Waals surface area contributed by atoms with E-state index in [1.807, 2.05) is 32.9 Å². The fourth-order valence-electron chi connectivity index (χ4n) is 1.36. The van der Waals surface area contributed by atoms with Crippen molar-refractivity contribution in [3.8, 4) is 0 Å². The number of rotatable bonds is 3. The van der Waals surface area contributed by atoms with Crippen LogP contribution in [0.5, 0.6) is 0 Å². The van der Waals surface area contributed by atoms with Crippen molar-refractivity contribution in [3.63, 3.8) is 0 Å². The van der Waals surface area contributed by atoms with Crippen LogP contribution in [-0.2, 0) is 11.3 Å². The lowest BCUT2D eigenvalue weighted by atomic mass is 9.86. The van der Waals surface area contributed by atoms with E-state index in [1.165, 1.54) is 11.3 Å². The summed E-state index contributed by atoms with van der Waals surface area (Å²) in [6, 6.07) is 3.28. The molecule has 0 spiro atoms. The van der Waals surface area contributed by atoms with E-state index in [0.717, 1.165) is 9.21 Å². The van der Waals surface area contributed by atoms with Gasteiger partial charge in [-0.25, -0.2) is 0 Å². The molecule has 0 aliphatic carbocycles. The van der Waals surface area contributed by atoms with E-state index >= 15 is 0 Å². The lowest BCUT2D eigenvalue weighted by Gasteiger charge is -2.29. The Kier molecular flexibility index (Phi) is 4.58. The van der Waals surface area contributed by atoms with Crippen molar-refractivity contribution in [2.24, 2.45) is 11.1 Å². The molecular formula is C12H19ClN2OS. The van der Waals surface area contributed by atoms with E-state index in [1.54, 1.807) is 11.9 Å². The van der Waals surface area contributed by atoms with Crippen LogP contribution >= 0.6 is 22.9 Å². The molecule has 1 aromatic rings. The number of carbonyl (C=O) groups excluding carboxylic acids is 1. The Bertz CT molecular complexity index is 397. The van der Waals surface area contributed by atoms with E-state index in [-0.39, 0.29) is 11.3 Å². The van der Waals surface area contributed by atoms with E-state index in [9.17, 15) is 4.79 Å².